The maximum Gasteiger partial charge on any atom is 0.315 e. The molecular formula is C15H24N2O3S. The largest absolute Gasteiger partial charge is 0.337 e. The van der Waals surface area contributed by atoms with Gasteiger partial charge < -0.3 is 10.6 Å². The maximum absolute atomic E-state index is 11.9. The third-order valence-electron chi connectivity index (χ3n) is 3.24. The molecule has 6 heteroatoms. The van der Waals surface area contributed by atoms with Crippen molar-refractivity contribution in [2.24, 2.45) is 5.92 Å². The Labute approximate surface area is 127 Å². The molecule has 0 aromatic heterocycles. The number of carbonyl (C=O) groups excluding carboxylic acids is 1. The highest BCUT2D eigenvalue weighted by Crippen LogP contribution is 2.24. The first-order valence-electron chi connectivity index (χ1n) is 6.98. The molecule has 0 fully saturated rings. The predicted octanol–water partition coefficient (Wildman–Crippen LogP) is 2.04. The van der Waals surface area contributed by atoms with Gasteiger partial charge in [0.2, 0.25) is 0 Å². The Morgan fingerprint density at radius 3 is 2.38 bits per heavy atom. The Hall–Kier alpha value is -1.56. The summed E-state index contributed by atoms with van der Waals surface area (Å²) < 4.78 is 22.1. The van der Waals surface area contributed by atoms with Crippen molar-refractivity contribution in [3.05, 3.63) is 35.4 Å². The van der Waals surface area contributed by atoms with Crippen molar-refractivity contribution in [3.63, 3.8) is 0 Å². The molecule has 0 aliphatic rings. The first kappa shape index (κ1) is 17.5. The smallest absolute Gasteiger partial charge is 0.315 e. The molecule has 21 heavy (non-hydrogen) atoms. The van der Waals surface area contributed by atoms with Crippen molar-refractivity contribution in [1.82, 2.24) is 10.6 Å². The van der Waals surface area contributed by atoms with E-state index < -0.39 is 9.84 Å². The summed E-state index contributed by atoms with van der Waals surface area (Å²) in [5, 5.41) is 5.50. The van der Waals surface area contributed by atoms with Crippen LogP contribution in [-0.2, 0) is 9.84 Å². The van der Waals surface area contributed by atoms with Crippen molar-refractivity contribution in [3.8, 4) is 0 Å². The molecule has 1 aromatic rings. The van der Waals surface area contributed by atoms with Crippen molar-refractivity contribution >= 4 is 15.9 Å². The molecule has 1 rings (SSSR count). The van der Waals surface area contributed by atoms with Gasteiger partial charge in [0.25, 0.3) is 0 Å². The molecule has 0 unspecified atom stereocenters. The number of rotatable bonds is 6. The Kier molecular flexibility index (Phi) is 6.20. The van der Waals surface area contributed by atoms with Gasteiger partial charge >= 0.3 is 6.03 Å². The standard InChI is InChI=1S/C15H24N2O3S/c1-11(2)14(13-8-6-5-7-12(13)3)17-15(18)16-9-10-21(4,19)20/h5-8,11,14H,9-10H2,1-4H3,(H2,16,17,18)/t14-/m0/s1. The summed E-state index contributed by atoms with van der Waals surface area (Å²) >= 11 is 0. The zero-order valence-corrected chi connectivity index (χ0v) is 13.8. The van der Waals surface area contributed by atoms with Gasteiger partial charge in [-0.2, -0.15) is 0 Å². The second kappa shape index (κ2) is 7.45. The Morgan fingerprint density at radius 2 is 1.86 bits per heavy atom. The summed E-state index contributed by atoms with van der Waals surface area (Å²) in [5.41, 5.74) is 2.19. The molecule has 0 saturated heterocycles. The van der Waals surface area contributed by atoms with Crippen molar-refractivity contribution in [1.29, 1.82) is 0 Å². The van der Waals surface area contributed by atoms with Gasteiger partial charge in [0, 0.05) is 12.8 Å². The van der Waals surface area contributed by atoms with Gasteiger partial charge in [-0.25, -0.2) is 13.2 Å². The Morgan fingerprint density at radius 1 is 1.24 bits per heavy atom. The highest BCUT2D eigenvalue weighted by molar-refractivity contribution is 7.90. The Balaban J connectivity index is 2.68. The van der Waals surface area contributed by atoms with Gasteiger partial charge in [-0.15, -0.1) is 0 Å². The van der Waals surface area contributed by atoms with E-state index >= 15 is 0 Å². The quantitative estimate of drug-likeness (QED) is 0.844. The van der Waals surface area contributed by atoms with Crippen LogP contribution in [0.15, 0.2) is 24.3 Å². The number of aryl methyl sites for hydroxylation is 1. The molecule has 0 aliphatic carbocycles. The zero-order valence-electron chi connectivity index (χ0n) is 13.0. The van der Waals surface area contributed by atoms with Crippen LogP contribution in [0.3, 0.4) is 0 Å². The lowest BCUT2D eigenvalue weighted by Crippen LogP contribution is -2.41. The third kappa shape index (κ3) is 6.16. The van der Waals surface area contributed by atoms with E-state index in [1.807, 2.05) is 45.0 Å². The minimum atomic E-state index is -3.07. The summed E-state index contributed by atoms with van der Waals surface area (Å²) in [6.45, 7) is 6.19. The molecule has 0 aliphatic heterocycles. The molecule has 1 aromatic carbocycles. The number of carbonyl (C=O) groups is 1. The number of hydrogen-bond acceptors (Lipinski definition) is 3. The highest BCUT2D eigenvalue weighted by atomic mass is 32.2. The molecule has 0 radical (unpaired) electrons. The minimum Gasteiger partial charge on any atom is -0.337 e. The number of nitrogens with one attached hydrogen (secondary N) is 2. The average molecular weight is 312 g/mol. The average Bonchev–Trinajstić information content (AvgIpc) is 2.35. The summed E-state index contributed by atoms with van der Waals surface area (Å²) in [6, 6.07) is 7.46. The van der Waals surface area contributed by atoms with Gasteiger partial charge in [0.1, 0.15) is 9.84 Å². The van der Waals surface area contributed by atoms with Gasteiger partial charge in [-0.05, 0) is 24.0 Å². The fraction of sp³-hybridized carbons (Fsp3) is 0.533. The number of sulfone groups is 1. The molecule has 118 valence electrons. The topological polar surface area (TPSA) is 75.3 Å². The Bertz CT molecular complexity index is 582. The van der Waals surface area contributed by atoms with Crippen molar-refractivity contribution in [2.45, 2.75) is 26.8 Å². The number of amides is 2. The number of urea groups is 1. The van der Waals surface area contributed by atoms with Crippen LogP contribution in [0.25, 0.3) is 0 Å². The number of hydrogen-bond donors (Lipinski definition) is 2. The minimum absolute atomic E-state index is 0.0584. The van der Waals surface area contributed by atoms with Crippen LogP contribution in [0, 0.1) is 12.8 Å². The van der Waals surface area contributed by atoms with E-state index in [9.17, 15) is 13.2 Å². The fourth-order valence-electron chi connectivity index (χ4n) is 2.08. The van der Waals surface area contributed by atoms with Crippen LogP contribution in [-0.4, -0.2) is 33.0 Å². The van der Waals surface area contributed by atoms with Crippen molar-refractivity contribution < 1.29 is 13.2 Å². The van der Waals surface area contributed by atoms with E-state index in [1.165, 1.54) is 0 Å². The molecule has 0 heterocycles. The zero-order chi connectivity index (χ0) is 16.0. The van der Waals surface area contributed by atoms with Crippen LogP contribution in [0.5, 0.6) is 0 Å². The first-order chi connectivity index (χ1) is 9.70. The van der Waals surface area contributed by atoms with E-state index in [4.69, 9.17) is 0 Å². The molecule has 5 nitrogen and oxygen atoms in total. The molecule has 2 N–H and O–H groups in total. The van der Waals surface area contributed by atoms with Gasteiger partial charge in [0.15, 0.2) is 0 Å². The summed E-state index contributed by atoms with van der Waals surface area (Å²) in [4.78, 5) is 11.9. The fourth-order valence-corrected chi connectivity index (χ4v) is 2.55. The maximum atomic E-state index is 11.9. The monoisotopic (exact) mass is 312 g/mol. The first-order valence-corrected chi connectivity index (χ1v) is 9.04. The highest BCUT2D eigenvalue weighted by Gasteiger charge is 2.19. The second-order valence-corrected chi connectivity index (χ2v) is 7.87. The lowest BCUT2D eigenvalue weighted by Gasteiger charge is -2.24. The molecule has 0 spiro atoms. The van der Waals surface area contributed by atoms with Gasteiger partial charge in [0.05, 0.1) is 11.8 Å². The van der Waals surface area contributed by atoms with Crippen LogP contribution >= 0.6 is 0 Å². The number of benzene rings is 1. The van der Waals surface area contributed by atoms with E-state index in [1.54, 1.807) is 0 Å². The van der Waals surface area contributed by atoms with Crippen LogP contribution in [0.2, 0.25) is 0 Å². The summed E-state index contributed by atoms with van der Waals surface area (Å²) in [7, 11) is -3.07. The molecular weight excluding hydrogens is 288 g/mol. The van der Waals surface area contributed by atoms with Gasteiger partial charge in [-0.3, -0.25) is 0 Å². The molecule has 1 atom stereocenters. The SMILES string of the molecule is Cc1ccccc1[C@@H](NC(=O)NCCS(C)(=O)=O)C(C)C. The van der Waals surface area contributed by atoms with Gasteiger partial charge in [-0.1, -0.05) is 38.1 Å². The van der Waals surface area contributed by atoms with E-state index in [0.717, 1.165) is 17.4 Å². The predicted molar refractivity (Wildman–Crippen MR) is 85.0 cm³/mol. The van der Waals surface area contributed by atoms with Crippen LogP contribution < -0.4 is 10.6 Å². The molecule has 2 amide bonds. The van der Waals surface area contributed by atoms with E-state index in [0.29, 0.717) is 0 Å². The lowest BCUT2D eigenvalue weighted by atomic mass is 9.93. The third-order valence-corrected chi connectivity index (χ3v) is 4.18. The summed E-state index contributed by atoms with van der Waals surface area (Å²) in [5.74, 6) is 0.170. The molecule has 0 saturated carbocycles. The van der Waals surface area contributed by atoms with E-state index in [-0.39, 0.29) is 30.3 Å². The van der Waals surface area contributed by atoms with Crippen LogP contribution in [0.1, 0.15) is 31.0 Å². The summed E-state index contributed by atoms with van der Waals surface area (Å²) in [6.07, 6.45) is 1.15. The van der Waals surface area contributed by atoms with E-state index in [2.05, 4.69) is 10.6 Å². The second-order valence-electron chi connectivity index (χ2n) is 5.61. The van der Waals surface area contributed by atoms with Crippen LogP contribution in [0.4, 0.5) is 4.79 Å². The van der Waals surface area contributed by atoms with Crippen molar-refractivity contribution in [2.75, 3.05) is 18.6 Å². The molecule has 0 bridgehead atoms. The lowest BCUT2D eigenvalue weighted by molar-refractivity contribution is 0.233. The normalized spacial score (nSPS) is 13.0.